The molecule has 6 rings (SSSR count). The standard InChI is InChI=1S/C30H32ClN5O2/c1-18-28(35(4)34-33-18)22-16-25-23(15-24(22)31)27-26(14-21(17-32-27)30(2,3)37)36(25)29(19-8-6-5-7-9-19)20-10-12-38-13-11-20/h5-9,14-17,20,29,37H,10-13H2,1-4H3/t29-/m1/s1. The van der Waals surface area contributed by atoms with Crippen LogP contribution in [0.3, 0.4) is 0 Å². The van der Waals surface area contributed by atoms with Gasteiger partial charge in [-0.1, -0.05) is 47.1 Å². The molecule has 0 radical (unpaired) electrons. The number of ether oxygens (including phenoxy) is 1. The molecule has 7 nitrogen and oxygen atoms in total. The molecule has 4 heterocycles. The zero-order valence-electron chi connectivity index (χ0n) is 22.1. The summed E-state index contributed by atoms with van der Waals surface area (Å²) in [5.74, 6) is 0.370. The highest BCUT2D eigenvalue weighted by molar-refractivity contribution is 6.34. The minimum atomic E-state index is -1.02. The van der Waals surface area contributed by atoms with Crippen LogP contribution in [0.1, 0.15) is 49.6 Å². The minimum absolute atomic E-state index is 0.0544. The first-order valence-electron chi connectivity index (χ1n) is 13.1. The number of pyridine rings is 1. The summed E-state index contributed by atoms with van der Waals surface area (Å²) in [6.45, 7) is 7.03. The summed E-state index contributed by atoms with van der Waals surface area (Å²) >= 11 is 6.93. The number of rotatable bonds is 5. The van der Waals surface area contributed by atoms with Gasteiger partial charge in [0.2, 0.25) is 0 Å². The van der Waals surface area contributed by atoms with Gasteiger partial charge in [0.05, 0.1) is 44.6 Å². The monoisotopic (exact) mass is 529 g/mol. The van der Waals surface area contributed by atoms with Gasteiger partial charge in [-0.25, -0.2) is 4.68 Å². The molecule has 0 saturated carbocycles. The Morgan fingerprint density at radius 2 is 1.82 bits per heavy atom. The van der Waals surface area contributed by atoms with Crippen LogP contribution in [0, 0.1) is 12.8 Å². The Morgan fingerprint density at radius 1 is 1.08 bits per heavy atom. The summed E-state index contributed by atoms with van der Waals surface area (Å²) in [6.07, 6.45) is 3.70. The Hall–Kier alpha value is -3.26. The van der Waals surface area contributed by atoms with E-state index in [0.717, 1.165) is 70.5 Å². The van der Waals surface area contributed by atoms with Crippen molar-refractivity contribution in [2.24, 2.45) is 13.0 Å². The smallest absolute Gasteiger partial charge is 0.0960 e. The van der Waals surface area contributed by atoms with Crippen LogP contribution >= 0.6 is 11.6 Å². The van der Waals surface area contributed by atoms with Gasteiger partial charge in [-0.05, 0) is 63.3 Å². The van der Waals surface area contributed by atoms with Gasteiger partial charge in [-0.2, -0.15) is 0 Å². The van der Waals surface area contributed by atoms with Crippen molar-refractivity contribution in [2.45, 2.75) is 45.3 Å². The number of aromatic nitrogens is 5. The summed E-state index contributed by atoms with van der Waals surface area (Å²) in [5, 5.41) is 21.0. The van der Waals surface area contributed by atoms with Crippen molar-refractivity contribution in [1.82, 2.24) is 24.5 Å². The van der Waals surface area contributed by atoms with Crippen molar-refractivity contribution in [3.05, 3.63) is 76.6 Å². The van der Waals surface area contributed by atoms with Crippen molar-refractivity contribution in [2.75, 3.05) is 13.2 Å². The van der Waals surface area contributed by atoms with Gasteiger partial charge in [0, 0.05) is 43.0 Å². The van der Waals surface area contributed by atoms with E-state index in [0.29, 0.717) is 10.9 Å². The lowest BCUT2D eigenvalue weighted by molar-refractivity contribution is 0.0552. The van der Waals surface area contributed by atoms with Crippen molar-refractivity contribution in [1.29, 1.82) is 0 Å². The molecule has 1 aliphatic rings. The molecule has 1 fully saturated rings. The van der Waals surface area contributed by atoms with Crippen LogP contribution in [0.25, 0.3) is 33.2 Å². The molecule has 1 atom stereocenters. The van der Waals surface area contributed by atoms with Crippen molar-refractivity contribution < 1.29 is 9.84 Å². The zero-order valence-corrected chi connectivity index (χ0v) is 22.9. The highest BCUT2D eigenvalue weighted by Crippen LogP contribution is 2.43. The number of fused-ring (bicyclic) bond motifs is 3. The van der Waals surface area contributed by atoms with E-state index in [9.17, 15) is 5.11 Å². The average molecular weight is 530 g/mol. The first-order chi connectivity index (χ1) is 18.2. The number of nitrogens with zero attached hydrogens (tertiary/aromatic N) is 5. The molecule has 1 N–H and O–H groups in total. The molecule has 5 aromatic rings. The number of hydrogen-bond donors (Lipinski definition) is 1. The second-order valence-corrected chi connectivity index (χ2v) is 11.2. The molecule has 8 heteroatoms. The lowest BCUT2D eigenvalue weighted by Crippen LogP contribution is -2.27. The van der Waals surface area contributed by atoms with E-state index in [1.807, 2.05) is 20.0 Å². The minimum Gasteiger partial charge on any atom is -0.386 e. The van der Waals surface area contributed by atoms with E-state index in [1.54, 1.807) is 24.7 Å². The molecule has 0 aliphatic carbocycles. The van der Waals surface area contributed by atoms with Crippen LogP contribution in [0.5, 0.6) is 0 Å². The predicted molar refractivity (Wildman–Crippen MR) is 150 cm³/mol. The quantitative estimate of drug-likeness (QED) is 0.294. The van der Waals surface area contributed by atoms with Gasteiger partial charge in [0.1, 0.15) is 0 Å². The highest BCUT2D eigenvalue weighted by atomic mass is 35.5. The third kappa shape index (κ3) is 4.19. The Morgan fingerprint density at radius 3 is 2.47 bits per heavy atom. The molecule has 2 aromatic carbocycles. The second kappa shape index (κ2) is 9.49. The fraction of sp³-hybridized carbons (Fsp3) is 0.367. The first-order valence-corrected chi connectivity index (χ1v) is 13.5. The fourth-order valence-electron chi connectivity index (χ4n) is 5.88. The van der Waals surface area contributed by atoms with Crippen LogP contribution in [0.15, 0.2) is 54.7 Å². The molecular weight excluding hydrogens is 498 g/mol. The molecule has 0 bridgehead atoms. The maximum atomic E-state index is 10.9. The normalized spacial score (nSPS) is 15.9. The third-order valence-electron chi connectivity index (χ3n) is 7.82. The zero-order chi connectivity index (χ0) is 26.6. The van der Waals surface area contributed by atoms with Crippen molar-refractivity contribution in [3.63, 3.8) is 0 Å². The summed E-state index contributed by atoms with van der Waals surface area (Å²) < 4.78 is 9.95. The molecule has 196 valence electrons. The summed E-state index contributed by atoms with van der Waals surface area (Å²) in [7, 11) is 1.89. The Balaban J connectivity index is 1.72. The molecule has 38 heavy (non-hydrogen) atoms. The van der Waals surface area contributed by atoms with E-state index >= 15 is 0 Å². The van der Waals surface area contributed by atoms with Crippen molar-refractivity contribution in [3.8, 4) is 11.3 Å². The summed E-state index contributed by atoms with van der Waals surface area (Å²) in [6, 6.07) is 17.0. The summed E-state index contributed by atoms with van der Waals surface area (Å²) in [5.41, 5.74) is 6.47. The Bertz CT molecular complexity index is 1610. The topological polar surface area (TPSA) is 78.0 Å². The van der Waals surface area contributed by atoms with Crippen LogP contribution in [0.2, 0.25) is 5.02 Å². The number of hydrogen-bond acceptors (Lipinski definition) is 5. The lowest BCUT2D eigenvalue weighted by atomic mass is 9.86. The molecule has 1 saturated heterocycles. The predicted octanol–water partition coefficient (Wildman–Crippen LogP) is 6.19. The molecule has 1 aliphatic heterocycles. The maximum absolute atomic E-state index is 10.9. The van der Waals surface area contributed by atoms with Crippen LogP contribution in [-0.4, -0.2) is 42.9 Å². The first kappa shape index (κ1) is 25.0. The third-order valence-corrected chi connectivity index (χ3v) is 8.13. The maximum Gasteiger partial charge on any atom is 0.0960 e. The number of aryl methyl sites for hydroxylation is 2. The van der Waals surface area contributed by atoms with E-state index < -0.39 is 5.60 Å². The molecule has 3 aromatic heterocycles. The van der Waals surface area contributed by atoms with Crippen LogP contribution in [0.4, 0.5) is 0 Å². The number of aliphatic hydroxyl groups is 1. The van der Waals surface area contributed by atoms with E-state index in [-0.39, 0.29) is 6.04 Å². The van der Waals surface area contributed by atoms with E-state index in [1.165, 1.54) is 5.56 Å². The fourth-order valence-corrected chi connectivity index (χ4v) is 6.14. The largest absolute Gasteiger partial charge is 0.386 e. The van der Waals surface area contributed by atoms with Gasteiger partial charge in [0.25, 0.3) is 0 Å². The highest BCUT2D eigenvalue weighted by Gasteiger charge is 2.31. The van der Waals surface area contributed by atoms with Gasteiger partial charge in [-0.3, -0.25) is 4.98 Å². The van der Waals surface area contributed by atoms with Crippen LogP contribution < -0.4 is 0 Å². The second-order valence-electron chi connectivity index (χ2n) is 10.8. The van der Waals surface area contributed by atoms with Crippen molar-refractivity contribution >= 4 is 33.5 Å². The Labute approximate surface area is 227 Å². The Kier molecular flexibility index (Phi) is 6.25. The molecular formula is C30H32ClN5O2. The number of halogens is 1. The van der Waals surface area contributed by atoms with Gasteiger partial charge in [-0.15, -0.1) is 5.10 Å². The van der Waals surface area contributed by atoms with E-state index in [2.05, 4.69) is 57.3 Å². The number of benzene rings is 2. The van der Waals surface area contributed by atoms with Gasteiger partial charge < -0.3 is 14.4 Å². The molecule has 0 amide bonds. The average Bonchev–Trinajstić information content (AvgIpc) is 3.40. The van der Waals surface area contributed by atoms with Gasteiger partial charge >= 0.3 is 0 Å². The molecule has 0 unspecified atom stereocenters. The summed E-state index contributed by atoms with van der Waals surface area (Å²) in [4.78, 5) is 4.89. The van der Waals surface area contributed by atoms with Gasteiger partial charge in [0.15, 0.2) is 0 Å². The van der Waals surface area contributed by atoms with E-state index in [4.69, 9.17) is 21.3 Å². The molecule has 0 spiro atoms. The van der Waals surface area contributed by atoms with Crippen LogP contribution in [-0.2, 0) is 17.4 Å². The SMILES string of the molecule is Cc1nnn(C)c1-c1cc2c(cc1Cl)c1ncc(C(C)(C)O)cc1n2[C@H](c1ccccc1)C1CCOCC1. The lowest BCUT2D eigenvalue weighted by Gasteiger charge is -2.33.